The average Bonchev–Trinajstić information content (AvgIpc) is 2.74. The Balaban J connectivity index is 1.87. The highest BCUT2D eigenvalue weighted by molar-refractivity contribution is 7.92. The molecular formula is C20H11Cl2F3N4O3S. The maximum atomic E-state index is 13.0. The van der Waals surface area contributed by atoms with Gasteiger partial charge in [0, 0.05) is 11.6 Å². The Morgan fingerprint density at radius 3 is 2.45 bits per heavy atom. The molecule has 0 aliphatic rings. The monoisotopic (exact) mass is 514 g/mol. The molecule has 2 heterocycles. The molecule has 33 heavy (non-hydrogen) atoms. The van der Waals surface area contributed by atoms with Gasteiger partial charge in [0.25, 0.3) is 15.6 Å². The molecule has 0 aliphatic heterocycles. The smallest absolute Gasteiger partial charge is 0.277 e. The number of alkyl halides is 3. The number of aromatic nitrogens is 3. The van der Waals surface area contributed by atoms with Crippen molar-refractivity contribution in [2.24, 2.45) is 0 Å². The molecule has 0 saturated carbocycles. The number of hydrogen-bond acceptors (Lipinski definition) is 5. The molecule has 4 aromatic rings. The van der Waals surface area contributed by atoms with E-state index in [1.807, 2.05) is 0 Å². The van der Waals surface area contributed by atoms with E-state index >= 15 is 0 Å². The first kappa shape index (κ1) is 23.0. The van der Waals surface area contributed by atoms with Crippen LogP contribution in [0.25, 0.3) is 22.2 Å². The lowest BCUT2D eigenvalue weighted by atomic mass is 10.1. The van der Waals surface area contributed by atoms with Gasteiger partial charge in [0.2, 0.25) is 0 Å². The molecule has 0 fully saturated rings. The number of hydrogen-bond donors (Lipinski definition) is 2. The van der Waals surface area contributed by atoms with Gasteiger partial charge < -0.3 is 0 Å². The van der Waals surface area contributed by atoms with Crippen LogP contribution in [0, 0.1) is 0 Å². The first-order chi connectivity index (χ1) is 15.5. The van der Waals surface area contributed by atoms with E-state index < -0.39 is 32.2 Å². The first-order valence-corrected chi connectivity index (χ1v) is 11.2. The highest BCUT2D eigenvalue weighted by Crippen LogP contribution is 2.35. The highest BCUT2D eigenvalue weighted by Gasteiger charge is 2.32. The van der Waals surface area contributed by atoms with Crippen molar-refractivity contribution < 1.29 is 21.6 Å². The predicted molar refractivity (Wildman–Crippen MR) is 118 cm³/mol. The first-order valence-electron chi connectivity index (χ1n) is 9.00. The summed E-state index contributed by atoms with van der Waals surface area (Å²) in [6.07, 6.45) is -3.51. The number of nitrogens with zero attached hydrogens (tertiary/aromatic N) is 2. The quantitative estimate of drug-likeness (QED) is 0.393. The van der Waals surface area contributed by atoms with Gasteiger partial charge in [-0.3, -0.25) is 14.5 Å². The number of sulfonamides is 1. The summed E-state index contributed by atoms with van der Waals surface area (Å²) in [6.45, 7) is 0. The molecule has 2 aromatic carbocycles. The van der Waals surface area contributed by atoms with Crippen LogP contribution >= 0.6 is 23.2 Å². The standard InChI is InChI=1S/C20H11Cl2F3N4O3S/c21-11-8-15(29-33(31,32)12-4-1-3-10(7-12)20(23,24)25)18(26-9-11)17-13-5-2-6-14(22)16(13)19(30)28-27-17/h1-9,29H,(H,28,30). The number of halogens is 5. The third kappa shape index (κ3) is 4.52. The second kappa shape index (κ2) is 8.32. The largest absolute Gasteiger partial charge is 0.416 e. The van der Waals surface area contributed by atoms with Gasteiger partial charge in [-0.15, -0.1) is 0 Å². The van der Waals surface area contributed by atoms with Crippen LogP contribution < -0.4 is 10.3 Å². The van der Waals surface area contributed by atoms with Crippen LogP contribution in [0.5, 0.6) is 0 Å². The zero-order valence-corrected chi connectivity index (χ0v) is 18.4. The van der Waals surface area contributed by atoms with Gasteiger partial charge in [0.1, 0.15) is 11.4 Å². The lowest BCUT2D eigenvalue weighted by molar-refractivity contribution is -0.137. The minimum atomic E-state index is -4.73. The van der Waals surface area contributed by atoms with E-state index in [-0.39, 0.29) is 37.9 Å². The Morgan fingerprint density at radius 2 is 1.73 bits per heavy atom. The molecule has 0 bridgehead atoms. The summed E-state index contributed by atoms with van der Waals surface area (Å²) >= 11 is 12.1. The molecule has 0 radical (unpaired) electrons. The summed E-state index contributed by atoms with van der Waals surface area (Å²) in [4.78, 5) is 15.7. The number of H-pyrrole nitrogens is 1. The van der Waals surface area contributed by atoms with E-state index in [2.05, 4.69) is 19.9 Å². The van der Waals surface area contributed by atoms with Crippen molar-refractivity contribution in [2.75, 3.05) is 4.72 Å². The Kier molecular flexibility index (Phi) is 5.81. The topological polar surface area (TPSA) is 105 Å². The van der Waals surface area contributed by atoms with Gasteiger partial charge in [-0.1, -0.05) is 41.4 Å². The number of benzene rings is 2. The van der Waals surface area contributed by atoms with Crippen molar-refractivity contribution in [1.29, 1.82) is 0 Å². The molecule has 2 aromatic heterocycles. The van der Waals surface area contributed by atoms with Crippen molar-refractivity contribution in [2.45, 2.75) is 11.1 Å². The molecule has 0 amide bonds. The van der Waals surface area contributed by atoms with Crippen molar-refractivity contribution in [3.05, 3.63) is 80.7 Å². The molecule has 13 heteroatoms. The molecule has 0 aliphatic carbocycles. The summed E-state index contributed by atoms with van der Waals surface area (Å²) in [5, 5.41) is 6.82. The summed E-state index contributed by atoms with van der Waals surface area (Å²) in [5.74, 6) is 0. The fraction of sp³-hybridized carbons (Fsp3) is 0.0500. The molecular weight excluding hydrogens is 504 g/mol. The molecule has 4 rings (SSSR count). The fourth-order valence-electron chi connectivity index (χ4n) is 3.10. The second-order valence-electron chi connectivity index (χ2n) is 6.74. The third-order valence-electron chi connectivity index (χ3n) is 4.56. The van der Waals surface area contributed by atoms with Gasteiger partial charge in [-0.05, 0) is 30.3 Å². The third-order valence-corrected chi connectivity index (χ3v) is 6.44. The second-order valence-corrected chi connectivity index (χ2v) is 9.27. The number of fused-ring (bicyclic) bond motifs is 1. The van der Waals surface area contributed by atoms with Gasteiger partial charge in [0.05, 0.1) is 31.6 Å². The van der Waals surface area contributed by atoms with Gasteiger partial charge in [-0.2, -0.15) is 18.3 Å². The van der Waals surface area contributed by atoms with Crippen LogP contribution in [0.1, 0.15) is 5.56 Å². The van der Waals surface area contributed by atoms with Crippen molar-refractivity contribution >= 4 is 49.7 Å². The van der Waals surface area contributed by atoms with Crippen molar-refractivity contribution in [1.82, 2.24) is 15.2 Å². The average molecular weight is 515 g/mol. The van der Waals surface area contributed by atoms with E-state index in [0.29, 0.717) is 6.07 Å². The van der Waals surface area contributed by atoms with Crippen LogP contribution in [0.4, 0.5) is 18.9 Å². The van der Waals surface area contributed by atoms with Gasteiger partial charge in [-0.25, -0.2) is 13.5 Å². The molecule has 0 saturated heterocycles. The van der Waals surface area contributed by atoms with Crippen LogP contribution in [-0.4, -0.2) is 23.6 Å². The number of anilines is 1. The lowest BCUT2D eigenvalue weighted by Gasteiger charge is -2.14. The van der Waals surface area contributed by atoms with Crippen LogP contribution in [0.2, 0.25) is 10.0 Å². The van der Waals surface area contributed by atoms with Crippen molar-refractivity contribution in [3.63, 3.8) is 0 Å². The SMILES string of the molecule is O=c1[nH]nc(-c2ncc(Cl)cc2NS(=O)(=O)c2cccc(C(F)(F)F)c2)c2cccc(Cl)c12. The Morgan fingerprint density at radius 1 is 1.00 bits per heavy atom. The zero-order valence-electron chi connectivity index (χ0n) is 16.1. The van der Waals surface area contributed by atoms with E-state index in [1.54, 1.807) is 12.1 Å². The molecule has 0 spiro atoms. The summed E-state index contributed by atoms with van der Waals surface area (Å²) in [6, 6.07) is 9.08. The fourth-order valence-corrected chi connectivity index (χ4v) is 4.63. The van der Waals surface area contributed by atoms with E-state index in [0.717, 1.165) is 18.2 Å². The van der Waals surface area contributed by atoms with Crippen LogP contribution in [0.15, 0.2) is 64.4 Å². The minimum Gasteiger partial charge on any atom is -0.277 e. The minimum absolute atomic E-state index is 0.0292. The Hall–Kier alpha value is -3.15. The maximum Gasteiger partial charge on any atom is 0.416 e. The predicted octanol–water partition coefficient (Wildman–Crippen LogP) is 5.11. The molecule has 170 valence electrons. The Bertz CT molecular complexity index is 1560. The Labute approximate surface area is 194 Å². The number of aromatic amines is 1. The molecule has 2 N–H and O–H groups in total. The number of rotatable bonds is 4. The highest BCUT2D eigenvalue weighted by atomic mass is 35.5. The van der Waals surface area contributed by atoms with Crippen LogP contribution in [0.3, 0.4) is 0 Å². The molecule has 7 nitrogen and oxygen atoms in total. The number of pyridine rings is 1. The van der Waals surface area contributed by atoms with Crippen molar-refractivity contribution in [3.8, 4) is 11.4 Å². The maximum absolute atomic E-state index is 13.0. The lowest BCUT2D eigenvalue weighted by Crippen LogP contribution is -2.16. The van der Waals surface area contributed by atoms with Gasteiger partial charge in [0.15, 0.2) is 0 Å². The van der Waals surface area contributed by atoms with E-state index in [9.17, 15) is 26.4 Å². The van der Waals surface area contributed by atoms with Crippen LogP contribution in [-0.2, 0) is 16.2 Å². The summed E-state index contributed by atoms with van der Waals surface area (Å²) < 4.78 is 67.1. The van der Waals surface area contributed by atoms with Gasteiger partial charge >= 0.3 is 6.18 Å². The summed E-state index contributed by atoms with van der Waals surface area (Å²) in [5.41, 5.74) is -1.82. The zero-order chi connectivity index (χ0) is 24.0. The van der Waals surface area contributed by atoms with E-state index in [4.69, 9.17) is 23.2 Å². The summed E-state index contributed by atoms with van der Waals surface area (Å²) in [7, 11) is -4.49. The molecule has 0 unspecified atom stereocenters. The normalized spacial score (nSPS) is 12.2. The molecule has 0 atom stereocenters. The number of nitrogens with one attached hydrogen (secondary N) is 2. The van der Waals surface area contributed by atoms with E-state index in [1.165, 1.54) is 18.3 Å².